The summed E-state index contributed by atoms with van der Waals surface area (Å²) in [5, 5.41) is 1.27. The van der Waals surface area contributed by atoms with Gasteiger partial charge in [0, 0.05) is 24.1 Å². The Bertz CT molecular complexity index is 463. The van der Waals surface area contributed by atoms with Crippen molar-refractivity contribution < 1.29 is 0 Å². The predicted octanol–water partition coefficient (Wildman–Crippen LogP) is 4.01. The van der Waals surface area contributed by atoms with Gasteiger partial charge in [0.1, 0.15) is 0 Å². The normalized spacial score (nSPS) is 9.20. The Morgan fingerprint density at radius 3 is 2.40 bits per heavy atom. The summed E-state index contributed by atoms with van der Waals surface area (Å²) < 4.78 is 2.12. The quantitative estimate of drug-likeness (QED) is 0.611. The lowest BCUT2D eigenvalue weighted by molar-refractivity contribution is 0.968. The maximum absolute atomic E-state index is 3.78. The molecular weight excluding hydrogens is 182 g/mol. The van der Waals surface area contributed by atoms with Crippen LogP contribution in [0.25, 0.3) is 17.0 Å². The second kappa shape index (κ2) is 5.20. The molecule has 78 valence electrons. The van der Waals surface area contributed by atoms with Crippen molar-refractivity contribution in [2.75, 3.05) is 0 Å². The number of aromatic nitrogens is 1. The van der Waals surface area contributed by atoms with E-state index in [0.29, 0.717) is 0 Å². The first kappa shape index (κ1) is 11.3. The van der Waals surface area contributed by atoms with Gasteiger partial charge >= 0.3 is 0 Å². The molecule has 0 bridgehead atoms. The van der Waals surface area contributed by atoms with Gasteiger partial charge in [-0.05, 0) is 18.6 Å². The predicted molar refractivity (Wildman–Crippen MR) is 68.9 cm³/mol. The van der Waals surface area contributed by atoms with Gasteiger partial charge in [-0.15, -0.1) is 6.58 Å². The van der Waals surface area contributed by atoms with Crippen molar-refractivity contribution in [2.45, 2.75) is 6.92 Å². The van der Waals surface area contributed by atoms with Gasteiger partial charge in [-0.2, -0.15) is 0 Å². The van der Waals surface area contributed by atoms with Crippen molar-refractivity contribution in [1.29, 1.82) is 0 Å². The van der Waals surface area contributed by atoms with E-state index in [0.717, 1.165) is 0 Å². The van der Waals surface area contributed by atoms with Gasteiger partial charge in [0.15, 0.2) is 0 Å². The molecule has 2 aromatic rings. The zero-order valence-electron chi connectivity index (χ0n) is 9.40. The average molecular weight is 199 g/mol. The van der Waals surface area contributed by atoms with Gasteiger partial charge < -0.3 is 4.57 Å². The number of hydrogen-bond donors (Lipinski definition) is 0. The molecule has 0 unspecified atom stereocenters. The van der Waals surface area contributed by atoms with Crippen molar-refractivity contribution >= 4 is 17.0 Å². The Morgan fingerprint density at radius 2 is 1.80 bits per heavy atom. The molecule has 15 heavy (non-hydrogen) atoms. The van der Waals surface area contributed by atoms with Gasteiger partial charge in [-0.1, -0.05) is 36.9 Å². The fourth-order valence-corrected chi connectivity index (χ4v) is 1.54. The third kappa shape index (κ3) is 2.38. The molecule has 0 spiro atoms. The third-order valence-electron chi connectivity index (χ3n) is 2.15. The minimum absolute atomic E-state index is 1.20. The van der Waals surface area contributed by atoms with E-state index >= 15 is 0 Å². The number of nitrogens with zero attached hydrogens (tertiary/aromatic N) is 1. The molecule has 0 amide bonds. The van der Waals surface area contributed by atoms with Crippen LogP contribution in [0, 0.1) is 0 Å². The molecule has 1 aromatic heterocycles. The highest BCUT2D eigenvalue weighted by molar-refractivity contribution is 5.89. The zero-order valence-corrected chi connectivity index (χ0v) is 9.40. The van der Waals surface area contributed by atoms with Crippen LogP contribution in [0.3, 0.4) is 0 Å². The lowest BCUT2D eigenvalue weighted by Crippen LogP contribution is -1.81. The maximum atomic E-state index is 3.78. The number of fused-ring (bicyclic) bond motifs is 1. The van der Waals surface area contributed by atoms with Crippen molar-refractivity contribution in [3.05, 3.63) is 55.3 Å². The summed E-state index contributed by atoms with van der Waals surface area (Å²) in [4.78, 5) is 0. The van der Waals surface area contributed by atoms with Crippen LogP contribution in [0.1, 0.15) is 12.5 Å². The summed E-state index contributed by atoms with van der Waals surface area (Å²) in [6.45, 7) is 9.03. The molecular formula is C14H17N. The van der Waals surface area contributed by atoms with Crippen molar-refractivity contribution in [2.24, 2.45) is 7.05 Å². The highest BCUT2D eigenvalue weighted by atomic mass is 14.9. The smallest absolute Gasteiger partial charge is 0.0483 e. The monoisotopic (exact) mass is 199 g/mol. The standard InChI is InChI=1S/C11H11N.C3H6/c1-3-9-8-12(2)11-7-5-4-6-10(9)11;1-3-2/h3-8H,1H2,2H3;3H,1H2,2H3. The number of para-hydroxylation sites is 1. The average Bonchev–Trinajstić information content (AvgIpc) is 2.58. The Kier molecular flexibility index (Phi) is 3.92. The molecule has 0 saturated heterocycles. The van der Waals surface area contributed by atoms with Crippen LogP contribution in [0.5, 0.6) is 0 Å². The largest absolute Gasteiger partial charge is 0.350 e. The lowest BCUT2D eigenvalue weighted by atomic mass is 10.2. The molecule has 1 heterocycles. The summed E-state index contributed by atoms with van der Waals surface area (Å²) in [6, 6.07) is 8.33. The third-order valence-corrected chi connectivity index (χ3v) is 2.15. The van der Waals surface area contributed by atoms with E-state index in [-0.39, 0.29) is 0 Å². The fourth-order valence-electron chi connectivity index (χ4n) is 1.54. The Labute approximate surface area is 91.3 Å². The molecule has 2 rings (SSSR count). The number of allylic oxidation sites excluding steroid dienone is 1. The molecule has 0 aliphatic carbocycles. The molecule has 0 N–H and O–H groups in total. The molecule has 1 aromatic carbocycles. The van der Waals surface area contributed by atoms with E-state index in [1.807, 2.05) is 13.0 Å². The summed E-state index contributed by atoms with van der Waals surface area (Å²) in [7, 11) is 2.05. The van der Waals surface area contributed by atoms with E-state index < -0.39 is 0 Å². The van der Waals surface area contributed by atoms with E-state index in [1.165, 1.54) is 16.5 Å². The number of aryl methyl sites for hydroxylation is 1. The van der Waals surface area contributed by atoms with Crippen LogP contribution in [-0.4, -0.2) is 4.57 Å². The van der Waals surface area contributed by atoms with Crippen molar-refractivity contribution in [1.82, 2.24) is 4.57 Å². The molecule has 1 nitrogen and oxygen atoms in total. The van der Waals surface area contributed by atoms with Crippen LogP contribution in [-0.2, 0) is 7.05 Å². The SMILES string of the molecule is C=CC.C=Cc1cn(C)c2ccccc12. The Balaban J connectivity index is 0.000000337. The second-order valence-corrected chi connectivity index (χ2v) is 3.32. The molecule has 0 aliphatic rings. The van der Waals surface area contributed by atoms with Crippen LogP contribution in [0.15, 0.2) is 49.7 Å². The van der Waals surface area contributed by atoms with Gasteiger partial charge in [-0.25, -0.2) is 0 Å². The summed E-state index contributed by atoms with van der Waals surface area (Å²) in [5.74, 6) is 0. The van der Waals surface area contributed by atoms with E-state index in [2.05, 4.69) is 55.2 Å². The molecule has 1 heteroatoms. The first-order valence-electron chi connectivity index (χ1n) is 4.98. The van der Waals surface area contributed by atoms with Crippen LogP contribution >= 0.6 is 0 Å². The molecule has 0 aliphatic heterocycles. The summed E-state index contributed by atoms with van der Waals surface area (Å²) in [6.07, 6.45) is 5.74. The molecule has 0 radical (unpaired) electrons. The molecule has 0 fully saturated rings. The van der Waals surface area contributed by atoms with Crippen LogP contribution < -0.4 is 0 Å². The topological polar surface area (TPSA) is 4.93 Å². The minimum atomic E-state index is 1.20. The highest BCUT2D eigenvalue weighted by Crippen LogP contribution is 2.20. The lowest BCUT2D eigenvalue weighted by Gasteiger charge is -1.92. The van der Waals surface area contributed by atoms with E-state index in [1.54, 1.807) is 6.08 Å². The van der Waals surface area contributed by atoms with Crippen molar-refractivity contribution in [3.63, 3.8) is 0 Å². The highest BCUT2D eigenvalue weighted by Gasteiger charge is 2.00. The number of benzene rings is 1. The molecule has 0 atom stereocenters. The summed E-state index contributed by atoms with van der Waals surface area (Å²) >= 11 is 0. The number of rotatable bonds is 1. The van der Waals surface area contributed by atoms with Gasteiger partial charge in [-0.3, -0.25) is 0 Å². The second-order valence-electron chi connectivity index (χ2n) is 3.32. The van der Waals surface area contributed by atoms with Crippen molar-refractivity contribution in [3.8, 4) is 0 Å². The number of hydrogen-bond acceptors (Lipinski definition) is 0. The first-order valence-corrected chi connectivity index (χ1v) is 4.98. The van der Waals surface area contributed by atoms with Crippen LogP contribution in [0.4, 0.5) is 0 Å². The Morgan fingerprint density at radius 1 is 1.20 bits per heavy atom. The van der Waals surface area contributed by atoms with Gasteiger partial charge in [0.25, 0.3) is 0 Å². The minimum Gasteiger partial charge on any atom is -0.350 e. The zero-order chi connectivity index (χ0) is 11.3. The van der Waals surface area contributed by atoms with Gasteiger partial charge in [0.05, 0.1) is 0 Å². The van der Waals surface area contributed by atoms with E-state index in [9.17, 15) is 0 Å². The van der Waals surface area contributed by atoms with Gasteiger partial charge in [0.2, 0.25) is 0 Å². The summed E-state index contributed by atoms with van der Waals surface area (Å²) in [5.41, 5.74) is 2.46. The first-order chi connectivity index (χ1) is 7.24. The fraction of sp³-hybridized carbons (Fsp3) is 0.143. The Hall–Kier alpha value is -1.76. The van der Waals surface area contributed by atoms with Crippen LogP contribution in [0.2, 0.25) is 0 Å². The molecule has 0 saturated carbocycles. The van der Waals surface area contributed by atoms with E-state index in [4.69, 9.17) is 0 Å². The maximum Gasteiger partial charge on any atom is 0.0483 e.